The third-order valence-corrected chi connectivity index (χ3v) is 19.4. The lowest BCUT2D eigenvalue weighted by Gasteiger charge is -2.11. The zero-order chi connectivity index (χ0) is 63.0. The fraction of sp³-hybridized carbons (Fsp3) is 0. The van der Waals surface area contributed by atoms with Crippen LogP contribution in [0.15, 0.2) is 325 Å². The van der Waals surface area contributed by atoms with Crippen LogP contribution in [0, 0.1) is 0 Å². The summed E-state index contributed by atoms with van der Waals surface area (Å²) in [6.45, 7) is 0. The molecule has 0 amide bonds. The molecule has 0 N–H and O–H groups in total. The molecule has 448 valence electrons. The maximum absolute atomic E-state index is 6.36. The van der Waals surface area contributed by atoms with Crippen LogP contribution in [0.4, 0.5) is 0 Å². The quantitative estimate of drug-likeness (QED) is 0.158. The van der Waals surface area contributed by atoms with Crippen LogP contribution in [0.3, 0.4) is 0 Å². The predicted molar refractivity (Wildman–Crippen MR) is 392 cm³/mol. The molecule has 0 unspecified atom stereocenters. The maximum Gasteiger partial charge on any atom is 0.135 e. The van der Waals surface area contributed by atoms with Gasteiger partial charge in [0.25, 0.3) is 0 Å². The predicted octanol–water partition coefficient (Wildman–Crippen LogP) is 22.1. The Morgan fingerprint density at radius 2 is 0.490 bits per heavy atom. The van der Waals surface area contributed by atoms with Crippen molar-refractivity contribution in [2.75, 3.05) is 0 Å². The summed E-state index contributed by atoms with van der Waals surface area (Å²) in [6.07, 6.45) is 15.1. The van der Waals surface area contributed by atoms with Crippen LogP contribution in [-0.2, 0) is 0 Å². The van der Waals surface area contributed by atoms with E-state index in [1.165, 1.54) is 54.7 Å². The number of benzene rings is 11. The molecule has 21 aromatic rings. The first-order valence-electron chi connectivity index (χ1n) is 32.2. The first-order chi connectivity index (χ1) is 47.6. The van der Waals surface area contributed by atoms with Gasteiger partial charge in [-0.25, -0.2) is 0 Å². The number of pyridine rings is 4. The van der Waals surface area contributed by atoms with Crippen LogP contribution >= 0.6 is 0 Å². The van der Waals surface area contributed by atoms with Crippen LogP contribution < -0.4 is 0 Å². The number of aromatic nitrogens is 8. The van der Waals surface area contributed by atoms with E-state index in [0.717, 1.165) is 132 Å². The van der Waals surface area contributed by atoms with Gasteiger partial charge in [0, 0.05) is 125 Å². The molecule has 11 aromatic carbocycles. The number of para-hydroxylation sites is 4. The summed E-state index contributed by atoms with van der Waals surface area (Å²) in [7, 11) is 0. The smallest absolute Gasteiger partial charge is 0.135 e. The topological polar surface area (TPSA) is 97.6 Å². The summed E-state index contributed by atoms with van der Waals surface area (Å²) in [5, 5.41) is 13.9. The van der Waals surface area contributed by atoms with Gasteiger partial charge in [-0.15, -0.1) is 0 Å². The van der Waals surface area contributed by atoms with Crippen molar-refractivity contribution in [1.82, 2.24) is 38.2 Å². The Balaban J connectivity index is 0.000000132. The van der Waals surface area contributed by atoms with Crippen molar-refractivity contribution in [1.29, 1.82) is 0 Å². The van der Waals surface area contributed by atoms with Crippen LogP contribution in [0.2, 0.25) is 0 Å². The zero-order valence-electron chi connectivity index (χ0n) is 51.4. The first-order valence-corrected chi connectivity index (χ1v) is 32.2. The van der Waals surface area contributed by atoms with Crippen LogP contribution in [0.25, 0.3) is 187 Å². The van der Waals surface area contributed by atoms with Gasteiger partial charge in [0.05, 0.1) is 56.5 Å². The van der Waals surface area contributed by atoms with E-state index in [-0.39, 0.29) is 0 Å². The fourth-order valence-electron chi connectivity index (χ4n) is 15.1. The Kier molecular flexibility index (Phi) is 11.8. The SMILES string of the molecule is c1cc(-c2ccc3oc4ccc(-n5c6ccncc6c6cnccc65)cc4c3c2)cc(-n2c3ccccc3c3ccccc32)c1.c1cc(-c2cccc(-n3c4ccccc4c4ccccc43)c2)cc(-c2ccc3oc4ccc(-n5c6cnccc6c6ccncc65)cc4c3c2)c1. The molecule has 0 radical (unpaired) electrons. The highest BCUT2D eigenvalue weighted by molar-refractivity contribution is 6.14. The van der Waals surface area contributed by atoms with Crippen LogP contribution in [0.5, 0.6) is 0 Å². The average Bonchev–Trinajstić information content (AvgIpc) is 1.61. The molecule has 0 aliphatic carbocycles. The fourth-order valence-corrected chi connectivity index (χ4v) is 15.1. The molecule has 10 nitrogen and oxygen atoms in total. The van der Waals surface area contributed by atoms with Gasteiger partial charge in [-0.3, -0.25) is 19.9 Å². The van der Waals surface area contributed by atoms with E-state index in [1.54, 1.807) is 0 Å². The highest BCUT2D eigenvalue weighted by atomic mass is 16.3. The van der Waals surface area contributed by atoms with Crippen LogP contribution in [0.1, 0.15) is 0 Å². The first kappa shape index (κ1) is 53.5. The Labute approximate surface area is 547 Å². The lowest BCUT2D eigenvalue weighted by atomic mass is 9.97. The molecule has 0 bridgehead atoms. The molecular formula is C86H52N8O2. The molecule has 0 saturated heterocycles. The molecule has 0 fully saturated rings. The van der Waals surface area contributed by atoms with Crippen molar-refractivity contribution >= 4 is 131 Å². The molecule has 10 heteroatoms. The molecule has 21 rings (SSSR count). The minimum atomic E-state index is 0.860. The van der Waals surface area contributed by atoms with E-state index in [2.05, 4.69) is 305 Å². The Morgan fingerprint density at radius 3 is 0.917 bits per heavy atom. The average molecular weight is 1230 g/mol. The van der Waals surface area contributed by atoms with Crippen molar-refractivity contribution in [3.63, 3.8) is 0 Å². The van der Waals surface area contributed by atoms with Crippen molar-refractivity contribution in [3.05, 3.63) is 316 Å². The summed E-state index contributed by atoms with van der Waals surface area (Å²) >= 11 is 0. The zero-order valence-corrected chi connectivity index (χ0v) is 51.4. The summed E-state index contributed by atoms with van der Waals surface area (Å²) in [5.74, 6) is 0. The Bertz CT molecular complexity index is 6540. The third kappa shape index (κ3) is 8.32. The molecule has 0 aliphatic heterocycles. The second kappa shape index (κ2) is 21.2. The summed E-state index contributed by atoms with van der Waals surface area (Å²) < 4.78 is 22.0. The normalized spacial score (nSPS) is 12.0. The number of hydrogen-bond donors (Lipinski definition) is 0. The number of hydrogen-bond acceptors (Lipinski definition) is 6. The lowest BCUT2D eigenvalue weighted by Crippen LogP contribution is -1.94. The highest BCUT2D eigenvalue weighted by Gasteiger charge is 2.20. The molecule has 10 heterocycles. The summed E-state index contributed by atoms with van der Waals surface area (Å²) in [6, 6.07) is 95.2. The Morgan fingerprint density at radius 1 is 0.188 bits per heavy atom. The van der Waals surface area contributed by atoms with Crippen molar-refractivity contribution in [2.45, 2.75) is 0 Å². The molecule has 0 aliphatic rings. The van der Waals surface area contributed by atoms with Gasteiger partial charge >= 0.3 is 0 Å². The number of furan rings is 2. The minimum Gasteiger partial charge on any atom is -0.456 e. The lowest BCUT2D eigenvalue weighted by molar-refractivity contribution is 0.668. The minimum absolute atomic E-state index is 0.860. The standard InChI is InChI=1S/C46H28N4O.C40H24N4O/c1-3-13-41-35(11-1)36-12-2-4-14-42(36)49(41)33-10-6-9-31(24-33)29-7-5-8-30(23-29)32-15-17-45-39(25-32)40-26-34(16-18-46(40)51-45)50-43-27-47-21-19-37(43)38-20-22-48-28-44(38)50;1-3-10-35-29(8-1)30-9-2-4-11-36(30)43(35)27-7-5-6-25(20-27)26-12-14-39-31(21-26)32-22-28(13-15-40(32)45-39)44-37-16-18-41-23-33(37)34-24-42-19-17-38(34)44/h1-28H;1-24H. The second-order valence-corrected chi connectivity index (χ2v) is 24.6. The van der Waals surface area contributed by atoms with Gasteiger partial charge in [-0.05, 0) is 173 Å². The number of rotatable bonds is 7. The number of nitrogens with zero attached hydrogens (tertiary/aromatic N) is 8. The van der Waals surface area contributed by atoms with Crippen molar-refractivity contribution < 1.29 is 8.83 Å². The summed E-state index contributed by atoms with van der Waals surface area (Å²) in [5.41, 5.74) is 23.9. The van der Waals surface area contributed by atoms with Gasteiger partial charge in [-0.2, -0.15) is 0 Å². The van der Waals surface area contributed by atoms with E-state index >= 15 is 0 Å². The van der Waals surface area contributed by atoms with Gasteiger partial charge in [0.15, 0.2) is 0 Å². The van der Waals surface area contributed by atoms with Crippen molar-refractivity contribution in [3.8, 4) is 56.1 Å². The second-order valence-electron chi connectivity index (χ2n) is 24.6. The molecule has 96 heavy (non-hydrogen) atoms. The Hall–Kier alpha value is -13.2. The molecule has 10 aromatic heterocycles. The van der Waals surface area contributed by atoms with Crippen molar-refractivity contribution in [2.24, 2.45) is 0 Å². The van der Waals surface area contributed by atoms with Gasteiger partial charge in [0.1, 0.15) is 22.3 Å². The van der Waals surface area contributed by atoms with Gasteiger partial charge in [-0.1, -0.05) is 127 Å². The largest absolute Gasteiger partial charge is 0.456 e. The van der Waals surface area contributed by atoms with Crippen LogP contribution in [-0.4, -0.2) is 38.2 Å². The number of fused-ring (bicyclic) bond motifs is 18. The third-order valence-electron chi connectivity index (χ3n) is 19.4. The maximum atomic E-state index is 6.36. The van der Waals surface area contributed by atoms with Gasteiger partial charge in [0.2, 0.25) is 0 Å². The molecule has 0 atom stereocenters. The van der Waals surface area contributed by atoms with E-state index < -0.39 is 0 Å². The van der Waals surface area contributed by atoms with E-state index in [4.69, 9.17) is 8.83 Å². The highest BCUT2D eigenvalue weighted by Crippen LogP contribution is 2.42. The molecule has 0 saturated carbocycles. The van der Waals surface area contributed by atoms with E-state index in [9.17, 15) is 0 Å². The van der Waals surface area contributed by atoms with E-state index in [1.807, 2.05) is 49.6 Å². The van der Waals surface area contributed by atoms with Gasteiger partial charge < -0.3 is 27.1 Å². The monoisotopic (exact) mass is 1230 g/mol. The summed E-state index contributed by atoms with van der Waals surface area (Å²) in [4.78, 5) is 17.7. The van der Waals surface area contributed by atoms with E-state index in [0.29, 0.717) is 0 Å². The molecular weight excluding hydrogens is 1180 g/mol. The molecule has 0 spiro atoms.